The molecule has 2 saturated carbocycles. The Kier molecular flexibility index (Phi) is 7.18. The Bertz CT molecular complexity index is 819. The molecule has 2 fully saturated rings. The van der Waals surface area contributed by atoms with Gasteiger partial charge < -0.3 is 20.7 Å². The summed E-state index contributed by atoms with van der Waals surface area (Å²) in [6, 6.07) is 10.8. The molecular weight excluding hydrogens is 379 g/mol. The number of benzene rings is 1. The standard InChI is InChI=1S/C24H33FN4O/c1-30-12-11-26-19-7-9-20(10-8-19)29-24-14-22(23(25)16-28-24)18-3-2-4-21(13-18)27-15-17-5-6-17/h2-4,13-14,16-17,19-20,26-27H,5-12,15H2,1H3,(H,28,29). The zero-order valence-electron chi connectivity index (χ0n) is 17.8. The molecule has 3 N–H and O–H groups in total. The molecule has 0 atom stereocenters. The number of pyridine rings is 1. The van der Waals surface area contributed by atoms with Crippen LogP contribution in [0.15, 0.2) is 36.5 Å². The quantitative estimate of drug-likeness (QED) is 0.495. The second kappa shape index (κ2) is 10.2. The molecule has 0 radical (unpaired) electrons. The van der Waals surface area contributed by atoms with Gasteiger partial charge in [0.2, 0.25) is 0 Å². The predicted octanol–water partition coefficient (Wildman–Crippen LogP) is 4.67. The van der Waals surface area contributed by atoms with Crippen molar-refractivity contribution >= 4 is 11.5 Å². The number of halogens is 1. The van der Waals surface area contributed by atoms with Crippen LogP contribution in [0.1, 0.15) is 38.5 Å². The van der Waals surface area contributed by atoms with Crippen LogP contribution in [0, 0.1) is 11.7 Å². The molecule has 2 aliphatic carbocycles. The van der Waals surface area contributed by atoms with Crippen molar-refractivity contribution in [1.82, 2.24) is 10.3 Å². The van der Waals surface area contributed by atoms with Crippen molar-refractivity contribution in [3.05, 3.63) is 42.3 Å². The van der Waals surface area contributed by atoms with Crippen molar-refractivity contribution in [2.24, 2.45) is 5.92 Å². The van der Waals surface area contributed by atoms with Gasteiger partial charge in [-0.1, -0.05) is 12.1 Å². The summed E-state index contributed by atoms with van der Waals surface area (Å²) in [5, 5.41) is 10.5. The number of ether oxygens (including phenoxy) is 1. The third-order valence-corrected chi connectivity index (χ3v) is 6.14. The first kappa shape index (κ1) is 21.1. The molecule has 0 unspecified atom stereocenters. The van der Waals surface area contributed by atoms with Crippen molar-refractivity contribution in [3.63, 3.8) is 0 Å². The Hall–Kier alpha value is -2.18. The lowest BCUT2D eigenvalue weighted by Gasteiger charge is -2.30. The van der Waals surface area contributed by atoms with Crippen molar-refractivity contribution in [1.29, 1.82) is 0 Å². The SMILES string of the molecule is COCCNC1CCC(Nc2cc(-c3cccc(NCC4CC4)c3)c(F)cn2)CC1. The molecule has 4 rings (SSSR count). The second-order valence-corrected chi connectivity index (χ2v) is 8.59. The van der Waals surface area contributed by atoms with E-state index < -0.39 is 0 Å². The summed E-state index contributed by atoms with van der Waals surface area (Å²) in [5.41, 5.74) is 2.52. The molecule has 1 aromatic heterocycles. The summed E-state index contributed by atoms with van der Waals surface area (Å²) in [7, 11) is 1.73. The van der Waals surface area contributed by atoms with Gasteiger partial charge in [-0.2, -0.15) is 0 Å². The van der Waals surface area contributed by atoms with Crippen LogP contribution in [0.4, 0.5) is 15.9 Å². The molecule has 0 spiro atoms. The van der Waals surface area contributed by atoms with E-state index in [2.05, 4.69) is 20.9 Å². The first-order valence-electron chi connectivity index (χ1n) is 11.2. The first-order valence-corrected chi connectivity index (χ1v) is 11.2. The van der Waals surface area contributed by atoms with Crippen LogP contribution >= 0.6 is 0 Å². The van der Waals surface area contributed by atoms with Crippen LogP contribution in [-0.4, -0.2) is 43.9 Å². The minimum absolute atomic E-state index is 0.286. The normalized spacial score (nSPS) is 21.4. The molecule has 30 heavy (non-hydrogen) atoms. The number of anilines is 2. The molecule has 6 heteroatoms. The van der Waals surface area contributed by atoms with Crippen LogP contribution < -0.4 is 16.0 Å². The fraction of sp³-hybridized carbons (Fsp3) is 0.542. The van der Waals surface area contributed by atoms with Crippen LogP contribution in [0.3, 0.4) is 0 Å². The Morgan fingerprint density at radius 2 is 1.87 bits per heavy atom. The molecule has 2 aromatic rings. The highest BCUT2D eigenvalue weighted by Crippen LogP contribution is 2.31. The Morgan fingerprint density at radius 1 is 1.07 bits per heavy atom. The molecular formula is C24H33FN4O. The number of nitrogens with one attached hydrogen (secondary N) is 3. The molecule has 0 bridgehead atoms. The molecule has 2 aliphatic rings. The number of aromatic nitrogens is 1. The number of rotatable bonds is 10. The maximum Gasteiger partial charge on any atom is 0.149 e. The summed E-state index contributed by atoms with van der Waals surface area (Å²) in [6.07, 6.45) is 8.38. The Balaban J connectivity index is 1.36. The number of nitrogens with zero attached hydrogens (tertiary/aromatic N) is 1. The lowest BCUT2D eigenvalue weighted by molar-refractivity contribution is 0.191. The van der Waals surface area contributed by atoms with Crippen molar-refractivity contribution < 1.29 is 9.13 Å². The van der Waals surface area contributed by atoms with Gasteiger partial charge in [-0.25, -0.2) is 9.37 Å². The fourth-order valence-electron chi connectivity index (χ4n) is 4.14. The lowest BCUT2D eigenvalue weighted by atomic mass is 9.91. The lowest BCUT2D eigenvalue weighted by Crippen LogP contribution is -2.38. The highest BCUT2D eigenvalue weighted by atomic mass is 19.1. The van der Waals surface area contributed by atoms with Crippen LogP contribution in [-0.2, 0) is 4.74 Å². The van der Waals surface area contributed by atoms with E-state index in [1.54, 1.807) is 7.11 Å². The fourth-order valence-corrected chi connectivity index (χ4v) is 4.14. The van der Waals surface area contributed by atoms with Gasteiger partial charge in [0.25, 0.3) is 0 Å². The summed E-state index contributed by atoms with van der Waals surface area (Å²) in [4.78, 5) is 4.29. The topological polar surface area (TPSA) is 58.2 Å². The predicted molar refractivity (Wildman–Crippen MR) is 120 cm³/mol. The highest BCUT2D eigenvalue weighted by molar-refractivity contribution is 5.70. The van der Waals surface area contributed by atoms with E-state index in [-0.39, 0.29) is 5.82 Å². The molecule has 5 nitrogen and oxygen atoms in total. The van der Waals surface area contributed by atoms with Crippen molar-refractivity contribution in [3.8, 4) is 11.1 Å². The van der Waals surface area contributed by atoms with E-state index in [1.807, 2.05) is 30.3 Å². The first-order chi connectivity index (χ1) is 14.7. The highest BCUT2D eigenvalue weighted by Gasteiger charge is 2.22. The third-order valence-electron chi connectivity index (χ3n) is 6.14. The van der Waals surface area contributed by atoms with Gasteiger partial charge >= 0.3 is 0 Å². The van der Waals surface area contributed by atoms with Crippen LogP contribution in [0.5, 0.6) is 0 Å². The van der Waals surface area contributed by atoms with E-state index in [4.69, 9.17) is 4.74 Å². The molecule has 1 aromatic carbocycles. The zero-order valence-corrected chi connectivity index (χ0v) is 17.8. The summed E-state index contributed by atoms with van der Waals surface area (Å²) < 4.78 is 19.7. The van der Waals surface area contributed by atoms with Gasteiger partial charge in [-0.15, -0.1) is 0 Å². The summed E-state index contributed by atoms with van der Waals surface area (Å²) in [5.74, 6) is 1.26. The molecule has 162 valence electrons. The molecule has 0 amide bonds. The zero-order chi connectivity index (χ0) is 20.8. The van der Waals surface area contributed by atoms with E-state index >= 15 is 0 Å². The van der Waals surface area contributed by atoms with Gasteiger partial charge in [-0.3, -0.25) is 0 Å². The van der Waals surface area contributed by atoms with Crippen LogP contribution in [0.25, 0.3) is 11.1 Å². The Morgan fingerprint density at radius 3 is 2.63 bits per heavy atom. The van der Waals surface area contributed by atoms with E-state index in [0.29, 0.717) is 17.6 Å². The van der Waals surface area contributed by atoms with Gasteiger partial charge in [0.1, 0.15) is 11.6 Å². The molecule has 1 heterocycles. The van der Waals surface area contributed by atoms with Crippen LogP contribution in [0.2, 0.25) is 0 Å². The van der Waals surface area contributed by atoms with E-state index in [0.717, 1.165) is 68.4 Å². The largest absolute Gasteiger partial charge is 0.385 e. The van der Waals surface area contributed by atoms with Gasteiger partial charge in [-0.05, 0) is 68.2 Å². The number of hydrogen-bond donors (Lipinski definition) is 3. The van der Waals surface area contributed by atoms with Gasteiger partial charge in [0.15, 0.2) is 0 Å². The third kappa shape index (κ3) is 5.92. The van der Waals surface area contributed by atoms with E-state index in [1.165, 1.54) is 19.0 Å². The van der Waals surface area contributed by atoms with E-state index in [9.17, 15) is 4.39 Å². The van der Waals surface area contributed by atoms with Crippen molar-refractivity contribution in [2.75, 3.05) is 37.4 Å². The minimum Gasteiger partial charge on any atom is -0.385 e. The number of methoxy groups -OCH3 is 1. The average Bonchev–Trinajstić information content (AvgIpc) is 3.60. The van der Waals surface area contributed by atoms with Crippen molar-refractivity contribution in [2.45, 2.75) is 50.6 Å². The van der Waals surface area contributed by atoms with Gasteiger partial charge in [0, 0.05) is 43.5 Å². The molecule has 0 aliphatic heterocycles. The Labute approximate surface area is 178 Å². The average molecular weight is 413 g/mol. The summed E-state index contributed by atoms with van der Waals surface area (Å²) in [6.45, 7) is 2.65. The smallest absolute Gasteiger partial charge is 0.149 e. The number of hydrogen-bond acceptors (Lipinski definition) is 5. The molecule has 0 saturated heterocycles. The second-order valence-electron chi connectivity index (χ2n) is 8.59. The monoisotopic (exact) mass is 412 g/mol. The summed E-state index contributed by atoms with van der Waals surface area (Å²) >= 11 is 0. The minimum atomic E-state index is -0.286. The van der Waals surface area contributed by atoms with Gasteiger partial charge in [0.05, 0.1) is 12.8 Å². The maximum absolute atomic E-state index is 14.6. The maximum atomic E-state index is 14.6.